The van der Waals surface area contributed by atoms with E-state index in [4.69, 9.17) is 0 Å². The molecule has 0 spiro atoms. The van der Waals surface area contributed by atoms with Crippen LogP contribution in [0.5, 0.6) is 0 Å². The molecule has 0 atom stereocenters. The maximum absolute atomic E-state index is 3.64. The number of hydrogen-bond acceptors (Lipinski definition) is 4. The van der Waals surface area contributed by atoms with Crippen LogP contribution in [0.3, 0.4) is 0 Å². The van der Waals surface area contributed by atoms with Gasteiger partial charge in [0.1, 0.15) is 0 Å². The van der Waals surface area contributed by atoms with Gasteiger partial charge >= 0.3 is 34.1 Å². The third kappa shape index (κ3) is 42.5. The average Bonchev–Trinajstić information content (AvgIpc) is 2.78. The smallest absolute Gasteiger partial charge is 1.00 e. The van der Waals surface area contributed by atoms with E-state index in [9.17, 15) is 0 Å². The first-order valence-corrected chi connectivity index (χ1v) is 14.6. The molecule has 0 aliphatic carbocycles. The summed E-state index contributed by atoms with van der Waals surface area (Å²) in [6, 6.07) is 0. The van der Waals surface area contributed by atoms with Gasteiger partial charge in [-0.1, -0.05) is 53.4 Å². The largest absolute Gasteiger partial charge is 2.00 e. The van der Waals surface area contributed by atoms with Crippen LogP contribution in [0, 0.1) is 0 Å². The minimum Gasteiger partial charge on any atom is -1.00 e. The fourth-order valence-electron chi connectivity index (χ4n) is 4.56. The Balaban J connectivity index is -0.000000320. The van der Waals surface area contributed by atoms with E-state index in [-0.39, 0.29) is 83.8 Å². The molecule has 0 fully saturated rings. The summed E-state index contributed by atoms with van der Waals surface area (Å²) in [5.74, 6) is 0. The first kappa shape index (κ1) is 55.9. The van der Waals surface area contributed by atoms with Crippen molar-refractivity contribution >= 4 is 0 Å². The number of rotatable bonds is 27. The van der Waals surface area contributed by atoms with Crippen LogP contribution in [0.1, 0.15) is 118 Å². The third-order valence-electron chi connectivity index (χ3n) is 6.27. The van der Waals surface area contributed by atoms with Crippen LogP contribution in [-0.2, 0) is 34.1 Å². The van der Waals surface area contributed by atoms with Gasteiger partial charge in [-0.3, -0.25) is 0 Å². The predicted octanol–water partition coefficient (Wildman–Crippen LogP) is -5.68. The number of unbranched alkanes of at least 4 members (excludes halogenated alkanes) is 7. The summed E-state index contributed by atoms with van der Waals surface area (Å²) in [5.41, 5.74) is 0. The zero-order chi connectivity index (χ0) is 23.5. The minimum absolute atomic E-state index is 0. The van der Waals surface area contributed by atoms with E-state index in [1.165, 1.54) is 155 Å². The molecule has 0 saturated heterocycles. The van der Waals surface area contributed by atoms with Crippen molar-refractivity contribution < 1.29 is 83.8 Å². The molecule has 244 valence electrons. The van der Waals surface area contributed by atoms with Crippen molar-refractivity contribution in [2.24, 2.45) is 0 Å². The average molecular weight is 724 g/mol. The van der Waals surface area contributed by atoms with E-state index < -0.39 is 0 Å². The monoisotopic (exact) mass is 720 g/mol. The second-order valence-corrected chi connectivity index (χ2v) is 9.72. The molecule has 0 aliphatic heterocycles. The Bertz CT molecular complexity index is 323. The number of nitrogens with zero attached hydrogens (tertiary/aromatic N) is 2. The van der Waals surface area contributed by atoms with E-state index >= 15 is 0 Å². The van der Waals surface area contributed by atoms with Crippen molar-refractivity contribution in [3.05, 3.63) is 0 Å². The molecule has 4 nitrogen and oxygen atoms in total. The van der Waals surface area contributed by atoms with Gasteiger partial charge in [-0.15, -0.1) is 0 Å². The van der Waals surface area contributed by atoms with Crippen LogP contribution < -0.4 is 60.3 Å². The molecule has 0 aromatic carbocycles. The first-order chi connectivity index (χ1) is 15.8. The Morgan fingerprint density at radius 3 is 0.842 bits per heavy atom. The molecular weight excluding hydrogens is 661 g/mol. The van der Waals surface area contributed by atoms with Crippen molar-refractivity contribution in [1.82, 2.24) is 20.4 Å². The van der Waals surface area contributed by atoms with Gasteiger partial charge in [0.05, 0.1) is 0 Å². The molecule has 0 bridgehead atoms. The van der Waals surface area contributed by atoms with Crippen molar-refractivity contribution in [1.29, 1.82) is 0 Å². The Morgan fingerprint density at radius 2 is 0.579 bits per heavy atom. The molecule has 0 aliphatic rings. The molecule has 0 unspecified atom stereocenters. The van der Waals surface area contributed by atoms with Gasteiger partial charge in [0, 0.05) is 0 Å². The van der Waals surface area contributed by atoms with Crippen molar-refractivity contribution in [2.75, 3.05) is 65.4 Å². The Morgan fingerprint density at radius 1 is 0.342 bits per heavy atom. The van der Waals surface area contributed by atoms with Gasteiger partial charge in [0.15, 0.2) is 0 Å². The molecule has 0 rings (SSSR count). The molecule has 0 aromatic rings. The van der Waals surface area contributed by atoms with Crippen LogP contribution in [-0.4, -0.2) is 75.2 Å². The van der Waals surface area contributed by atoms with E-state index in [2.05, 4.69) is 48.1 Å². The Labute approximate surface area is 285 Å². The summed E-state index contributed by atoms with van der Waals surface area (Å²) in [4.78, 5) is 5.28. The summed E-state index contributed by atoms with van der Waals surface area (Å²) in [6.45, 7) is 21.7. The van der Waals surface area contributed by atoms with E-state index in [0.717, 1.165) is 0 Å². The minimum atomic E-state index is 0. The van der Waals surface area contributed by atoms with Gasteiger partial charge in [0.25, 0.3) is 0 Å². The molecule has 2 radical (unpaired) electrons. The topological polar surface area (TPSA) is 30.5 Å². The van der Waals surface area contributed by atoms with Crippen LogP contribution >= 0.6 is 0 Å². The number of nitrogens with one attached hydrogen (secondary N) is 2. The maximum atomic E-state index is 3.64. The molecule has 10 heteroatoms. The fourth-order valence-corrected chi connectivity index (χ4v) is 4.56. The number of hydrogen-bond donors (Lipinski definition) is 2. The normalized spacial score (nSPS) is 9.95. The first-order valence-electron chi connectivity index (χ1n) is 14.6. The third-order valence-corrected chi connectivity index (χ3v) is 6.27. The molecule has 38 heavy (non-hydrogen) atoms. The second kappa shape index (κ2) is 48.8. The molecule has 0 heterocycles. The van der Waals surface area contributed by atoms with Gasteiger partial charge in [-0.2, -0.15) is 0 Å². The van der Waals surface area contributed by atoms with Crippen molar-refractivity contribution in [2.45, 2.75) is 118 Å². The maximum Gasteiger partial charge on any atom is 2.00 e. The summed E-state index contributed by atoms with van der Waals surface area (Å²) < 4.78 is 0. The molecule has 0 amide bonds. The van der Waals surface area contributed by atoms with Gasteiger partial charge in [-0.25, -0.2) is 0 Å². The molecule has 2 N–H and O–H groups in total. The number of halogens is 4. The summed E-state index contributed by atoms with van der Waals surface area (Å²) in [6.07, 6.45) is 18.8. The molecule has 0 saturated carbocycles. The Kier molecular flexibility index (Phi) is 71.7. The summed E-state index contributed by atoms with van der Waals surface area (Å²) in [7, 11) is 0. The molecular formula is C28H62Cl4Cu2N4. The molecule has 0 aromatic heterocycles. The fraction of sp³-hybridized carbons (Fsp3) is 1.00. The summed E-state index contributed by atoms with van der Waals surface area (Å²) in [5, 5.41) is 7.27. The zero-order valence-electron chi connectivity index (χ0n) is 25.0. The van der Waals surface area contributed by atoms with E-state index in [0.29, 0.717) is 0 Å². The standard InChI is InChI=1S/C28H62N4.4ClH.2Cu/c1-5-23-31(24-6-2)27-17-11-9-13-19-29-21-15-16-22-30-20-14-10-12-18-28-32(25-7-3)26-8-4;;;;;;/h29-30H,5-28H2,1-4H3;4*1H;;/q;;;;;2*+2/p-4. The SMILES string of the molecule is CCCN(CCC)CCCCCCNCCCCNCCCCCCN(CCC)CCC.[Cl-].[Cl-].[Cl-].[Cl-].[Cu+2].[Cu+2]. The van der Waals surface area contributed by atoms with Crippen LogP contribution in [0.4, 0.5) is 0 Å². The van der Waals surface area contributed by atoms with Gasteiger partial charge in [0.2, 0.25) is 0 Å². The zero-order valence-corrected chi connectivity index (χ0v) is 29.9. The quantitative estimate of drug-likeness (QED) is 0.0655. The Hall–Kier alpha value is 2.04. The van der Waals surface area contributed by atoms with Crippen molar-refractivity contribution in [3.63, 3.8) is 0 Å². The van der Waals surface area contributed by atoms with E-state index in [1.807, 2.05) is 0 Å². The predicted molar refractivity (Wildman–Crippen MR) is 146 cm³/mol. The van der Waals surface area contributed by atoms with Gasteiger partial charge < -0.3 is 70.1 Å². The van der Waals surface area contributed by atoms with Gasteiger partial charge in [-0.05, 0) is 130 Å². The van der Waals surface area contributed by atoms with Crippen LogP contribution in [0.25, 0.3) is 0 Å². The second-order valence-electron chi connectivity index (χ2n) is 9.72. The van der Waals surface area contributed by atoms with Crippen molar-refractivity contribution in [3.8, 4) is 0 Å². The van der Waals surface area contributed by atoms with Crippen LogP contribution in [0.15, 0.2) is 0 Å². The van der Waals surface area contributed by atoms with Crippen LogP contribution in [0.2, 0.25) is 0 Å². The summed E-state index contributed by atoms with van der Waals surface area (Å²) >= 11 is 0. The van der Waals surface area contributed by atoms with E-state index in [1.54, 1.807) is 0 Å².